The summed E-state index contributed by atoms with van der Waals surface area (Å²) >= 11 is 0. The van der Waals surface area contributed by atoms with E-state index in [1.54, 1.807) is 6.20 Å². The topological polar surface area (TPSA) is 36.7 Å². The van der Waals surface area contributed by atoms with E-state index in [9.17, 15) is 0 Å². The molecule has 0 aliphatic heterocycles. The van der Waals surface area contributed by atoms with Gasteiger partial charge in [-0.05, 0) is 48.7 Å². The van der Waals surface area contributed by atoms with Gasteiger partial charge in [0.15, 0.2) is 0 Å². The van der Waals surface area contributed by atoms with Crippen molar-refractivity contribution in [3.63, 3.8) is 0 Å². The van der Waals surface area contributed by atoms with Gasteiger partial charge < -0.3 is 0 Å². The maximum absolute atomic E-state index is 8.94. The van der Waals surface area contributed by atoms with E-state index in [4.69, 9.17) is 5.26 Å². The van der Waals surface area contributed by atoms with Crippen LogP contribution in [-0.2, 0) is 0 Å². The lowest BCUT2D eigenvalue weighted by molar-refractivity contribution is 1.28. The molecule has 0 spiro atoms. The van der Waals surface area contributed by atoms with Crippen molar-refractivity contribution in [2.75, 3.05) is 0 Å². The van der Waals surface area contributed by atoms with Crippen LogP contribution < -0.4 is 0 Å². The van der Waals surface area contributed by atoms with Gasteiger partial charge in [0.1, 0.15) is 0 Å². The number of aryl methyl sites for hydroxylation is 2. The van der Waals surface area contributed by atoms with Crippen LogP contribution in [-0.4, -0.2) is 4.98 Å². The number of nitriles is 1. The van der Waals surface area contributed by atoms with Gasteiger partial charge in [-0.25, -0.2) is 0 Å². The van der Waals surface area contributed by atoms with E-state index in [1.807, 2.05) is 38.2 Å². The minimum absolute atomic E-state index is 0.693. The highest BCUT2D eigenvalue weighted by atomic mass is 14.6. The van der Waals surface area contributed by atoms with E-state index in [1.165, 1.54) is 5.56 Å². The van der Waals surface area contributed by atoms with E-state index in [2.05, 4.69) is 17.1 Å². The second-order valence-electron chi connectivity index (χ2n) is 3.89. The monoisotopic (exact) mass is 208 g/mol. The van der Waals surface area contributed by atoms with Crippen LogP contribution in [0, 0.1) is 25.2 Å². The molecule has 0 bridgehead atoms. The maximum atomic E-state index is 8.94. The van der Waals surface area contributed by atoms with Gasteiger partial charge in [-0.1, -0.05) is 6.07 Å². The fourth-order valence-corrected chi connectivity index (χ4v) is 1.77. The molecule has 78 valence electrons. The van der Waals surface area contributed by atoms with Gasteiger partial charge in [0.2, 0.25) is 0 Å². The highest BCUT2D eigenvalue weighted by molar-refractivity contribution is 5.68. The predicted molar refractivity (Wildman–Crippen MR) is 63.9 cm³/mol. The molecule has 1 heterocycles. The van der Waals surface area contributed by atoms with Crippen LogP contribution in [0.3, 0.4) is 0 Å². The van der Waals surface area contributed by atoms with Gasteiger partial charge in [-0.3, -0.25) is 4.98 Å². The number of benzene rings is 1. The number of hydrogen-bond donors (Lipinski definition) is 0. The molecule has 0 radical (unpaired) electrons. The van der Waals surface area contributed by atoms with Crippen molar-refractivity contribution in [1.29, 1.82) is 5.26 Å². The normalized spacial score (nSPS) is 9.81. The van der Waals surface area contributed by atoms with Crippen LogP contribution in [0.4, 0.5) is 0 Å². The fraction of sp³-hybridized carbons (Fsp3) is 0.143. The first-order chi connectivity index (χ1) is 7.70. The Morgan fingerprint density at radius 1 is 1.19 bits per heavy atom. The van der Waals surface area contributed by atoms with Crippen LogP contribution in [0.5, 0.6) is 0 Å². The highest BCUT2D eigenvalue weighted by Gasteiger charge is 2.03. The lowest BCUT2D eigenvalue weighted by atomic mass is 9.99. The van der Waals surface area contributed by atoms with Crippen molar-refractivity contribution in [3.8, 4) is 17.2 Å². The molecule has 2 aromatic rings. The lowest BCUT2D eigenvalue weighted by Crippen LogP contribution is -1.87. The SMILES string of the molecule is Cc1cc(C#N)cc(-c2cnccc2C)c1. The van der Waals surface area contributed by atoms with E-state index < -0.39 is 0 Å². The zero-order chi connectivity index (χ0) is 11.5. The zero-order valence-corrected chi connectivity index (χ0v) is 9.36. The Hall–Kier alpha value is -2.14. The molecule has 0 saturated carbocycles. The molecule has 0 aliphatic carbocycles. The number of hydrogen-bond acceptors (Lipinski definition) is 2. The Morgan fingerprint density at radius 3 is 2.69 bits per heavy atom. The first-order valence-corrected chi connectivity index (χ1v) is 5.13. The van der Waals surface area contributed by atoms with Gasteiger partial charge in [0, 0.05) is 18.0 Å². The first-order valence-electron chi connectivity index (χ1n) is 5.13. The van der Waals surface area contributed by atoms with Crippen LogP contribution >= 0.6 is 0 Å². The van der Waals surface area contributed by atoms with Gasteiger partial charge in [-0.2, -0.15) is 5.26 Å². The number of aromatic nitrogens is 1. The van der Waals surface area contributed by atoms with Crippen molar-refractivity contribution in [3.05, 3.63) is 53.3 Å². The molecule has 1 aromatic carbocycles. The van der Waals surface area contributed by atoms with Gasteiger partial charge >= 0.3 is 0 Å². The molecule has 2 nitrogen and oxygen atoms in total. The smallest absolute Gasteiger partial charge is 0.0991 e. The summed E-state index contributed by atoms with van der Waals surface area (Å²) in [5, 5.41) is 8.94. The lowest BCUT2D eigenvalue weighted by Gasteiger charge is -2.06. The quantitative estimate of drug-likeness (QED) is 0.721. The van der Waals surface area contributed by atoms with Gasteiger partial charge in [0.25, 0.3) is 0 Å². The molecule has 0 unspecified atom stereocenters. The molecule has 2 heteroatoms. The van der Waals surface area contributed by atoms with Crippen LogP contribution in [0.15, 0.2) is 36.7 Å². The van der Waals surface area contributed by atoms with Gasteiger partial charge in [0.05, 0.1) is 11.6 Å². The summed E-state index contributed by atoms with van der Waals surface area (Å²) in [4.78, 5) is 4.12. The summed E-state index contributed by atoms with van der Waals surface area (Å²) in [7, 11) is 0. The summed E-state index contributed by atoms with van der Waals surface area (Å²) in [6.07, 6.45) is 3.62. The second kappa shape index (κ2) is 4.16. The third kappa shape index (κ3) is 1.94. The Bertz CT molecular complexity index is 565. The van der Waals surface area contributed by atoms with Crippen LogP contribution in [0.25, 0.3) is 11.1 Å². The second-order valence-corrected chi connectivity index (χ2v) is 3.89. The van der Waals surface area contributed by atoms with Crippen molar-refractivity contribution in [2.45, 2.75) is 13.8 Å². The third-order valence-corrected chi connectivity index (χ3v) is 2.56. The highest BCUT2D eigenvalue weighted by Crippen LogP contribution is 2.24. The minimum atomic E-state index is 0.693. The number of pyridine rings is 1. The standard InChI is InChI=1S/C14H12N2/c1-10-5-12(8-15)7-13(6-10)14-9-16-4-3-11(14)2/h3-7,9H,1-2H3. The molecule has 16 heavy (non-hydrogen) atoms. The summed E-state index contributed by atoms with van der Waals surface area (Å²) in [5.41, 5.74) is 5.10. The summed E-state index contributed by atoms with van der Waals surface area (Å²) in [5.74, 6) is 0. The molecule has 0 atom stereocenters. The maximum Gasteiger partial charge on any atom is 0.0991 e. The molecule has 0 fully saturated rings. The molecule has 1 aromatic heterocycles. The van der Waals surface area contributed by atoms with Crippen molar-refractivity contribution in [2.24, 2.45) is 0 Å². The molecular weight excluding hydrogens is 196 g/mol. The average Bonchev–Trinajstić information content (AvgIpc) is 2.28. The van der Waals surface area contributed by atoms with E-state index >= 15 is 0 Å². The Kier molecular flexibility index (Phi) is 2.70. The molecular formula is C14H12N2. The number of rotatable bonds is 1. The zero-order valence-electron chi connectivity index (χ0n) is 9.36. The molecule has 0 N–H and O–H groups in total. The van der Waals surface area contributed by atoms with E-state index in [0.717, 1.165) is 16.7 Å². The molecule has 0 amide bonds. The van der Waals surface area contributed by atoms with Crippen molar-refractivity contribution in [1.82, 2.24) is 4.98 Å². The predicted octanol–water partition coefficient (Wildman–Crippen LogP) is 3.24. The third-order valence-electron chi connectivity index (χ3n) is 2.56. The summed E-state index contributed by atoms with van der Waals surface area (Å²) < 4.78 is 0. The van der Waals surface area contributed by atoms with E-state index in [0.29, 0.717) is 5.56 Å². The Balaban J connectivity index is 2.61. The van der Waals surface area contributed by atoms with Crippen molar-refractivity contribution < 1.29 is 0 Å². The Labute approximate surface area is 95.2 Å². The number of nitrogens with zero attached hydrogens (tertiary/aromatic N) is 2. The van der Waals surface area contributed by atoms with Crippen molar-refractivity contribution >= 4 is 0 Å². The molecule has 2 rings (SSSR count). The minimum Gasteiger partial charge on any atom is -0.264 e. The van der Waals surface area contributed by atoms with E-state index in [-0.39, 0.29) is 0 Å². The average molecular weight is 208 g/mol. The van der Waals surface area contributed by atoms with Crippen LogP contribution in [0.2, 0.25) is 0 Å². The summed E-state index contributed by atoms with van der Waals surface area (Å²) in [6.45, 7) is 4.04. The van der Waals surface area contributed by atoms with Crippen LogP contribution in [0.1, 0.15) is 16.7 Å². The fourth-order valence-electron chi connectivity index (χ4n) is 1.77. The first kappa shape index (κ1) is 10.4. The largest absolute Gasteiger partial charge is 0.264 e. The molecule has 0 saturated heterocycles. The summed E-state index contributed by atoms with van der Waals surface area (Å²) in [6, 6.07) is 10.0. The van der Waals surface area contributed by atoms with Gasteiger partial charge in [-0.15, -0.1) is 0 Å². The molecule has 0 aliphatic rings. The Morgan fingerprint density at radius 2 is 2.00 bits per heavy atom.